The molecule has 19 heavy (non-hydrogen) atoms. The molecule has 0 saturated carbocycles. The fourth-order valence-corrected chi connectivity index (χ4v) is 2.07. The maximum atomic E-state index is 5.64. The minimum atomic E-state index is 0.526. The van der Waals surface area contributed by atoms with Crippen LogP contribution < -0.4 is 10.5 Å². The molecule has 0 bridgehead atoms. The van der Waals surface area contributed by atoms with Crippen LogP contribution in [0.5, 0.6) is 5.75 Å². The number of imidazole rings is 1. The second-order valence-electron chi connectivity index (χ2n) is 4.36. The number of nitrogens with zero attached hydrogens (tertiary/aromatic N) is 2. The topological polar surface area (TPSA) is 52.5 Å². The Morgan fingerprint density at radius 2 is 2.16 bits per heavy atom. The first-order valence-corrected chi connectivity index (χ1v) is 6.12. The molecule has 2 heterocycles. The lowest BCUT2D eigenvalue weighted by Crippen LogP contribution is -1.96. The van der Waals surface area contributed by atoms with E-state index in [1.807, 2.05) is 53.2 Å². The molecule has 0 radical (unpaired) electrons. The number of hydrogen-bond donors (Lipinski definition) is 1. The van der Waals surface area contributed by atoms with E-state index in [-0.39, 0.29) is 0 Å². The molecule has 0 aliphatic heterocycles. The van der Waals surface area contributed by atoms with Crippen molar-refractivity contribution in [2.24, 2.45) is 5.73 Å². The fraction of sp³-hybridized carbons (Fsp3) is 0.133. The standard InChI is InChI=1S/C15H15N3O/c1-19-13-4-2-3-12(8-13)14-10-18-6-5-11(9-16)7-15(18)17-14/h2-8,10H,9,16H2,1H3. The molecule has 3 rings (SSSR count). The Balaban J connectivity index is 2.09. The van der Waals surface area contributed by atoms with Crippen molar-refractivity contribution in [2.75, 3.05) is 7.11 Å². The van der Waals surface area contributed by atoms with Crippen LogP contribution in [0.1, 0.15) is 5.56 Å². The van der Waals surface area contributed by atoms with E-state index in [2.05, 4.69) is 4.98 Å². The summed E-state index contributed by atoms with van der Waals surface area (Å²) in [6.07, 6.45) is 3.98. The molecule has 1 aromatic carbocycles. The normalized spacial score (nSPS) is 10.8. The first-order chi connectivity index (χ1) is 9.30. The van der Waals surface area contributed by atoms with Crippen molar-refractivity contribution in [3.63, 3.8) is 0 Å². The van der Waals surface area contributed by atoms with Crippen molar-refractivity contribution in [3.8, 4) is 17.0 Å². The SMILES string of the molecule is COc1cccc(-c2cn3ccc(CN)cc3n2)c1. The summed E-state index contributed by atoms with van der Waals surface area (Å²) < 4.78 is 7.23. The number of ether oxygens (including phenoxy) is 1. The maximum absolute atomic E-state index is 5.64. The van der Waals surface area contributed by atoms with Crippen molar-refractivity contribution < 1.29 is 4.74 Å². The highest BCUT2D eigenvalue weighted by Gasteiger charge is 2.05. The summed E-state index contributed by atoms with van der Waals surface area (Å²) in [4.78, 5) is 4.62. The zero-order valence-corrected chi connectivity index (χ0v) is 10.7. The Bertz CT molecular complexity index is 718. The molecule has 96 valence electrons. The highest BCUT2D eigenvalue weighted by molar-refractivity contribution is 5.64. The van der Waals surface area contributed by atoms with E-state index in [9.17, 15) is 0 Å². The molecule has 3 aromatic rings. The van der Waals surface area contributed by atoms with Gasteiger partial charge in [0.15, 0.2) is 0 Å². The number of nitrogens with two attached hydrogens (primary N) is 1. The third-order valence-electron chi connectivity index (χ3n) is 3.13. The summed E-state index contributed by atoms with van der Waals surface area (Å²) in [6.45, 7) is 0.526. The van der Waals surface area contributed by atoms with Gasteiger partial charge in [-0.2, -0.15) is 0 Å². The van der Waals surface area contributed by atoms with Gasteiger partial charge in [-0.25, -0.2) is 4.98 Å². The number of hydrogen-bond acceptors (Lipinski definition) is 3. The fourth-order valence-electron chi connectivity index (χ4n) is 2.07. The molecule has 0 saturated heterocycles. The second kappa shape index (κ2) is 4.74. The molecular formula is C15H15N3O. The van der Waals surface area contributed by atoms with E-state index in [0.29, 0.717) is 6.54 Å². The quantitative estimate of drug-likeness (QED) is 0.780. The molecular weight excluding hydrogens is 238 g/mol. The minimum Gasteiger partial charge on any atom is -0.497 e. The van der Waals surface area contributed by atoms with Crippen LogP contribution in [-0.2, 0) is 6.54 Å². The van der Waals surface area contributed by atoms with E-state index in [1.165, 1.54) is 0 Å². The second-order valence-corrected chi connectivity index (χ2v) is 4.36. The van der Waals surface area contributed by atoms with Crippen LogP contribution in [0.2, 0.25) is 0 Å². The maximum Gasteiger partial charge on any atom is 0.137 e. The van der Waals surface area contributed by atoms with E-state index in [0.717, 1.165) is 28.2 Å². The monoisotopic (exact) mass is 253 g/mol. The van der Waals surface area contributed by atoms with Gasteiger partial charge in [-0.1, -0.05) is 12.1 Å². The van der Waals surface area contributed by atoms with Crippen molar-refractivity contribution in [3.05, 3.63) is 54.4 Å². The van der Waals surface area contributed by atoms with Gasteiger partial charge in [-0.3, -0.25) is 0 Å². The number of methoxy groups -OCH3 is 1. The molecule has 4 nitrogen and oxygen atoms in total. The molecule has 0 spiro atoms. The minimum absolute atomic E-state index is 0.526. The molecule has 4 heteroatoms. The van der Waals surface area contributed by atoms with E-state index >= 15 is 0 Å². The molecule has 2 N–H and O–H groups in total. The van der Waals surface area contributed by atoms with Gasteiger partial charge in [0, 0.05) is 24.5 Å². The van der Waals surface area contributed by atoms with Gasteiger partial charge < -0.3 is 14.9 Å². The van der Waals surface area contributed by atoms with Crippen LogP contribution in [0, 0.1) is 0 Å². The Labute approximate surface area is 111 Å². The lowest BCUT2D eigenvalue weighted by molar-refractivity contribution is 0.415. The van der Waals surface area contributed by atoms with Crippen LogP contribution in [0.3, 0.4) is 0 Å². The Morgan fingerprint density at radius 3 is 2.95 bits per heavy atom. The van der Waals surface area contributed by atoms with Crippen LogP contribution in [0.25, 0.3) is 16.9 Å². The van der Waals surface area contributed by atoms with Crippen molar-refractivity contribution >= 4 is 5.65 Å². The predicted octanol–water partition coefficient (Wildman–Crippen LogP) is 2.47. The summed E-state index contributed by atoms with van der Waals surface area (Å²) in [7, 11) is 1.66. The van der Waals surface area contributed by atoms with Gasteiger partial charge >= 0.3 is 0 Å². The van der Waals surface area contributed by atoms with Crippen LogP contribution >= 0.6 is 0 Å². The number of benzene rings is 1. The van der Waals surface area contributed by atoms with Gasteiger partial charge in [0.2, 0.25) is 0 Å². The van der Waals surface area contributed by atoms with Gasteiger partial charge in [0.25, 0.3) is 0 Å². The molecule has 0 aliphatic rings. The van der Waals surface area contributed by atoms with Crippen LogP contribution in [0.4, 0.5) is 0 Å². The smallest absolute Gasteiger partial charge is 0.137 e. The highest BCUT2D eigenvalue weighted by Crippen LogP contribution is 2.23. The number of aromatic nitrogens is 2. The van der Waals surface area contributed by atoms with Crippen molar-refractivity contribution in [1.82, 2.24) is 9.38 Å². The van der Waals surface area contributed by atoms with Gasteiger partial charge in [0.1, 0.15) is 11.4 Å². The van der Waals surface area contributed by atoms with E-state index in [4.69, 9.17) is 10.5 Å². The van der Waals surface area contributed by atoms with E-state index < -0.39 is 0 Å². The third kappa shape index (κ3) is 2.18. The lowest BCUT2D eigenvalue weighted by Gasteiger charge is -2.00. The van der Waals surface area contributed by atoms with Crippen molar-refractivity contribution in [2.45, 2.75) is 6.54 Å². The summed E-state index contributed by atoms with van der Waals surface area (Å²) in [5.41, 5.74) is 9.59. The van der Waals surface area contributed by atoms with Crippen molar-refractivity contribution in [1.29, 1.82) is 0 Å². The molecule has 0 atom stereocenters. The Kier molecular flexibility index (Phi) is 2.93. The summed E-state index contributed by atoms with van der Waals surface area (Å²) in [5, 5.41) is 0. The van der Waals surface area contributed by atoms with Crippen LogP contribution in [-0.4, -0.2) is 16.5 Å². The summed E-state index contributed by atoms with van der Waals surface area (Å²) in [5.74, 6) is 0.831. The van der Waals surface area contributed by atoms with E-state index in [1.54, 1.807) is 7.11 Å². The first-order valence-electron chi connectivity index (χ1n) is 6.12. The Morgan fingerprint density at radius 1 is 1.26 bits per heavy atom. The lowest BCUT2D eigenvalue weighted by atomic mass is 10.1. The molecule has 0 fully saturated rings. The van der Waals surface area contributed by atoms with Gasteiger partial charge in [-0.15, -0.1) is 0 Å². The molecule has 0 amide bonds. The van der Waals surface area contributed by atoms with Gasteiger partial charge in [-0.05, 0) is 29.8 Å². The summed E-state index contributed by atoms with van der Waals surface area (Å²) in [6, 6.07) is 11.9. The first kappa shape index (κ1) is 11.7. The zero-order chi connectivity index (χ0) is 13.2. The largest absolute Gasteiger partial charge is 0.497 e. The number of pyridine rings is 1. The summed E-state index contributed by atoms with van der Waals surface area (Å²) >= 11 is 0. The molecule has 0 aliphatic carbocycles. The highest BCUT2D eigenvalue weighted by atomic mass is 16.5. The number of fused-ring (bicyclic) bond motifs is 1. The van der Waals surface area contributed by atoms with Crippen LogP contribution in [0.15, 0.2) is 48.8 Å². The average Bonchev–Trinajstić information content (AvgIpc) is 2.90. The number of rotatable bonds is 3. The zero-order valence-electron chi connectivity index (χ0n) is 10.7. The predicted molar refractivity (Wildman–Crippen MR) is 75.1 cm³/mol. The average molecular weight is 253 g/mol. The van der Waals surface area contributed by atoms with Gasteiger partial charge in [0.05, 0.1) is 12.8 Å². The Hall–Kier alpha value is -2.33. The molecule has 0 unspecified atom stereocenters. The molecule has 2 aromatic heterocycles. The third-order valence-corrected chi connectivity index (χ3v) is 3.13.